The molecule has 0 aliphatic carbocycles. The molecular formula is C18H20N4O2S. The lowest BCUT2D eigenvalue weighted by Gasteiger charge is -2.23. The number of anilines is 1. The monoisotopic (exact) mass is 356 g/mol. The van der Waals surface area contributed by atoms with Crippen molar-refractivity contribution in [2.24, 2.45) is 0 Å². The summed E-state index contributed by atoms with van der Waals surface area (Å²) in [7, 11) is 0. The van der Waals surface area contributed by atoms with Gasteiger partial charge >= 0.3 is 0 Å². The highest BCUT2D eigenvalue weighted by Crippen LogP contribution is 2.30. The molecule has 130 valence electrons. The van der Waals surface area contributed by atoms with Crippen LogP contribution in [0.25, 0.3) is 10.2 Å². The third kappa shape index (κ3) is 3.57. The molecule has 1 atom stereocenters. The van der Waals surface area contributed by atoms with Crippen molar-refractivity contribution in [3.8, 4) is 0 Å². The van der Waals surface area contributed by atoms with Crippen molar-refractivity contribution in [2.45, 2.75) is 32.4 Å². The molecular weight excluding hydrogens is 336 g/mol. The van der Waals surface area contributed by atoms with Crippen LogP contribution in [0.5, 0.6) is 0 Å². The lowest BCUT2D eigenvalue weighted by atomic mass is 10.2. The molecule has 0 radical (unpaired) electrons. The van der Waals surface area contributed by atoms with Gasteiger partial charge in [-0.3, -0.25) is 14.4 Å². The molecule has 0 bridgehead atoms. The Morgan fingerprint density at radius 1 is 1.44 bits per heavy atom. The van der Waals surface area contributed by atoms with E-state index < -0.39 is 0 Å². The van der Waals surface area contributed by atoms with Gasteiger partial charge in [0.15, 0.2) is 5.13 Å². The van der Waals surface area contributed by atoms with Crippen LogP contribution < -0.4 is 4.90 Å². The highest BCUT2D eigenvalue weighted by Gasteiger charge is 2.26. The maximum absolute atomic E-state index is 13.0. The Morgan fingerprint density at radius 2 is 2.32 bits per heavy atom. The molecule has 1 aliphatic heterocycles. The number of carbonyl (C=O) groups is 1. The van der Waals surface area contributed by atoms with Crippen molar-refractivity contribution < 1.29 is 9.53 Å². The highest BCUT2D eigenvalue weighted by atomic mass is 32.1. The smallest absolute Gasteiger partial charge is 0.250 e. The van der Waals surface area contributed by atoms with Gasteiger partial charge in [-0.1, -0.05) is 23.5 Å². The van der Waals surface area contributed by atoms with E-state index in [4.69, 9.17) is 4.74 Å². The number of benzene rings is 1. The summed E-state index contributed by atoms with van der Waals surface area (Å²) in [4.78, 5) is 19.4. The second-order valence-electron chi connectivity index (χ2n) is 6.32. The molecule has 3 aromatic rings. The molecule has 1 amide bonds. The van der Waals surface area contributed by atoms with Crippen molar-refractivity contribution in [3.05, 3.63) is 42.2 Å². The first-order chi connectivity index (χ1) is 12.2. The van der Waals surface area contributed by atoms with Gasteiger partial charge in [0.2, 0.25) is 0 Å². The van der Waals surface area contributed by atoms with Gasteiger partial charge in [-0.2, -0.15) is 5.10 Å². The lowest BCUT2D eigenvalue weighted by molar-refractivity contribution is -0.119. The average Bonchev–Trinajstić information content (AvgIpc) is 3.32. The summed E-state index contributed by atoms with van der Waals surface area (Å²) in [5.74, 6) is -0.0161. The predicted octanol–water partition coefficient (Wildman–Crippen LogP) is 3.01. The fourth-order valence-corrected chi connectivity index (χ4v) is 4.02. The van der Waals surface area contributed by atoms with Crippen molar-refractivity contribution in [2.75, 3.05) is 18.1 Å². The van der Waals surface area contributed by atoms with Crippen LogP contribution in [0.15, 0.2) is 36.7 Å². The minimum atomic E-state index is -0.0161. The second kappa shape index (κ2) is 6.93. The molecule has 3 heterocycles. The van der Waals surface area contributed by atoms with Crippen molar-refractivity contribution >= 4 is 32.6 Å². The zero-order valence-corrected chi connectivity index (χ0v) is 14.9. The summed E-state index contributed by atoms with van der Waals surface area (Å²) in [6, 6.07) is 7.96. The molecule has 1 saturated heterocycles. The van der Waals surface area contributed by atoms with E-state index in [0.717, 1.165) is 40.4 Å². The lowest BCUT2D eigenvalue weighted by Crippen LogP contribution is -2.39. The number of thiazole rings is 1. The van der Waals surface area contributed by atoms with Crippen LogP contribution >= 0.6 is 11.3 Å². The van der Waals surface area contributed by atoms with Crippen LogP contribution in [0.1, 0.15) is 18.4 Å². The van der Waals surface area contributed by atoms with Crippen LogP contribution in [0.4, 0.5) is 5.13 Å². The van der Waals surface area contributed by atoms with Crippen LogP contribution in [-0.2, 0) is 16.1 Å². The SMILES string of the molecule is Cc1cnn(CC(=O)N(CC2CCCO2)c2nc3ccccc3s2)c1. The van der Waals surface area contributed by atoms with Crippen LogP contribution in [-0.4, -0.2) is 39.9 Å². The third-order valence-electron chi connectivity index (χ3n) is 4.28. The van der Waals surface area contributed by atoms with Gasteiger partial charge in [-0.05, 0) is 37.5 Å². The first-order valence-electron chi connectivity index (χ1n) is 8.45. The summed E-state index contributed by atoms with van der Waals surface area (Å²) in [6.07, 6.45) is 5.74. The number of fused-ring (bicyclic) bond motifs is 1. The Kier molecular flexibility index (Phi) is 4.50. The standard InChI is InChI=1S/C18H20N4O2S/c1-13-9-19-21(10-13)12-17(23)22(11-14-5-4-8-24-14)18-20-15-6-2-3-7-16(15)25-18/h2-3,6-7,9-10,14H,4-5,8,11-12H2,1H3. The minimum Gasteiger partial charge on any atom is -0.376 e. The first kappa shape index (κ1) is 16.2. The number of nitrogens with zero attached hydrogens (tertiary/aromatic N) is 4. The van der Waals surface area contributed by atoms with Crippen molar-refractivity contribution in [1.82, 2.24) is 14.8 Å². The zero-order chi connectivity index (χ0) is 17.2. The molecule has 7 heteroatoms. The Balaban J connectivity index is 1.61. The van der Waals surface area contributed by atoms with Crippen LogP contribution in [0, 0.1) is 6.92 Å². The Morgan fingerprint density at radius 3 is 3.04 bits per heavy atom. The van der Waals surface area contributed by atoms with Gasteiger partial charge in [0.25, 0.3) is 5.91 Å². The van der Waals surface area contributed by atoms with E-state index in [1.165, 1.54) is 0 Å². The molecule has 4 rings (SSSR count). The second-order valence-corrected chi connectivity index (χ2v) is 7.33. The molecule has 25 heavy (non-hydrogen) atoms. The van der Waals surface area contributed by atoms with Gasteiger partial charge in [-0.25, -0.2) is 4.98 Å². The topological polar surface area (TPSA) is 60.2 Å². The Labute approximate surface area is 150 Å². The quantitative estimate of drug-likeness (QED) is 0.705. The van der Waals surface area contributed by atoms with Gasteiger partial charge in [-0.15, -0.1) is 0 Å². The number of hydrogen-bond donors (Lipinski definition) is 0. The number of rotatable bonds is 5. The summed E-state index contributed by atoms with van der Waals surface area (Å²) in [6.45, 7) is 3.48. The number of aromatic nitrogens is 3. The van der Waals surface area contributed by atoms with E-state index in [-0.39, 0.29) is 18.6 Å². The van der Waals surface area contributed by atoms with E-state index in [1.54, 1.807) is 27.1 Å². The van der Waals surface area contributed by atoms with Gasteiger partial charge in [0.1, 0.15) is 6.54 Å². The highest BCUT2D eigenvalue weighted by molar-refractivity contribution is 7.22. The maximum atomic E-state index is 13.0. The van der Waals surface area contributed by atoms with Crippen LogP contribution in [0.2, 0.25) is 0 Å². The number of amides is 1. The molecule has 0 spiro atoms. The van der Waals surface area contributed by atoms with E-state index in [9.17, 15) is 4.79 Å². The Bertz CT molecular complexity index is 849. The maximum Gasteiger partial charge on any atom is 0.250 e. The van der Waals surface area contributed by atoms with Crippen molar-refractivity contribution in [1.29, 1.82) is 0 Å². The third-order valence-corrected chi connectivity index (χ3v) is 5.34. The minimum absolute atomic E-state index is 0.0161. The molecule has 0 saturated carbocycles. The Hall–Kier alpha value is -2.25. The number of aryl methyl sites for hydroxylation is 1. The molecule has 1 aliphatic rings. The zero-order valence-electron chi connectivity index (χ0n) is 14.1. The average molecular weight is 356 g/mol. The fraction of sp³-hybridized carbons (Fsp3) is 0.389. The summed E-state index contributed by atoms with van der Waals surface area (Å²) in [5.41, 5.74) is 1.96. The van der Waals surface area contributed by atoms with E-state index in [2.05, 4.69) is 10.1 Å². The largest absolute Gasteiger partial charge is 0.376 e. The van der Waals surface area contributed by atoms with Gasteiger partial charge in [0, 0.05) is 12.8 Å². The van der Waals surface area contributed by atoms with Gasteiger partial charge < -0.3 is 4.74 Å². The van der Waals surface area contributed by atoms with E-state index in [0.29, 0.717) is 6.54 Å². The summed E-state index contributed by atoms with van der Waals surface area (Å²) >= 11 is 1.54. The molecule has 1 aromatic carbocycles. The summed E-state index contributed by atoms with van der Waals surface area (Å²) < 4.78 is 8.50. The number of hydrogen-bond acceptors (Lipinski definition) is 5. The number of para-hydroxylation sites is 1. The molecule has 6 nitrogen and oxygen atoms in total. The number of ether oxygens (including phenoxy) is 1. The normalized spacial score (nSPS) is 17.2. The molecule has 2 aromatic heterocycles. The van der Waals surface area contributed by atoms with Gasteiger partial charge in [0.05, 0.1) is 29.1 Å². The van der Waals surface area contributed by atoms with Crippen LogP contribution in [0.3, 0.4) is 0 Å². The van der Waals surface area contributed by atoms with E-state index >= 15 is 0 Å². The van der Waals surface area contributed by atoms with E-state index in [1.807, 2.05) is 37.4 Å². The number of carbonyl (C=O) groups excluding carboxylic acids is 1. The molecule has 1 unspecified atom stereocenters. The molecule has 0 N–H and O–H groups in total. The van der Waals surface area contributed by atoms with Crippen molar-refractivity contribution in [3.63, 3.8) is 0 Å². The molecule has 1 fully saturated rings. The predicted molar refractivity (Wildman–Crippen MR) is 97.9 cm³/mol. The fourth-order valence-electron chi connectivity index (χ4n) is 3.03. The first-order valence-corrected chi connectivity index (χ1v) is 9.27. The summed E-state index contributed by atoms with van der Waals surface area (Å²) in [5, 5.41) is 4.95.